The number of aliphatic hydroxyl groups excluding tert-OH is 1. The van der Waals surface area contributed by atoms with Gasteiger partial charge in [-0.25, -0.2) is 9.78 Å². The number of amides is 3. The molecule has 2 aliphatic carbocycles. The van der Waals surface area contributed by atoms with Crippen molar-refractivity contribution in [1.29, 1.82) is 0 Å². The molecule has 2 aliphatic heterocycles. The van der Waals surface area contributed by atoms with Crippen LogP contribution < -0.4 is 25.2 Å². The predicted molar refractivity (Wildman–Crippen MR) is 187 cm³/mol. The number of rotatable bonds is 9. The van der Waals surface area contributed by atoms with Crippen LogP contribution in [0.3, 0.4) is 0 Å². The number of nitrogens with one attached hydrogen (secondary N) is 2. The normalized spacial score (nSPS) is 23.4. The average Bonchev–Trinajstić information content (AvgIpc) is 3.70. The monoisotopic (exact) mass is 677 g/mol. The van der Waals surface area contributed by atoms with E-state index in [0.717, 1.165) is 37.9 Å². The lowest BCUT2D eigenvalue weighted by Gasteiger charge is -2.49. The first-order valence-electron chi connectivity index (χ1n) is 17.6. The van der Waals surface area contributed by atoms with Gasteiger partial charge >= 0.3 is 6.09 Å². The summed E-state index contributed by atoms with van der Waals surface area (Å²) in [5.41, 5.74) is 0.470. The van der Waals surface area contributed by atoms with E-state index in [9.17, 15) is 19.5 Å². The number of likely N-dealkylation sites (tertiary alicyclic amines) is 1. The van der Waals surface area contributed by atoms with Crippen molar-refractivity contribution in [3.63, 3.8) is 0 Å². The Bertz CT molecular complexity index is 1580. The van der Waals surface area contributed by atoms with Crippen LogP contribution in [0.1, 0.15) is 95.8 Å². The van der Waals surface area contributed by atoms with E-state index in [4.69, 9.17) is 14.5 Å². The zero-order chi connectivity index (χ0) is 35.1. The molecular formula is C36H51N7O6. The van der Waals surface area contributed by atoms with Gasteiger partial charge in [-0.1, -0.05) is 19.8 Å². The lowest BCUT2D eigenvalue weighted by molar-refractivity contribution is -0.120. The zero-order valence-corrected chi connectivity index (χ0v) is 29.7. The quantitative estimate of drug-likeness (QED) is 0.331. The summed E-state index contributed by atoms with van der Waals surface area (Å²) in [7, 11) is 3.32. The van der Waals surface area contributed by atoms with E-state index in [2.05, 4.69) is 20.5 Å². The van der Waals surface area contributed by atoms with Crippen LogP contribution in [0.2, 0.25) is 0 Å². The molecule has 3 heterocycles. The number of carbonyl (C=O) groups excluding carboxylic acids is 3. The van der Waals surface area contributed by atoms with Gasteiger partial charge in [-0.2, -0.15) is 4.98 Å². The number of carbonyl (C=O) groups is 3. The topological polar surface area (TPSA) is 149 Å². The number of hydrogen-bond acceptors (Lipinski definition) is 10. The number of hydrogen-bond donors (Lipinski definition) is 3. The molecule has 2 saturated carbocycles. The summed E-state index contributed by atoms with van der Waals surface area (Å²) in [6, 6.07) is 5.18. The molecule has 0 bridgehead atoms. The molecule has 13 nitrogen and oxygen atoms in total. The Hall–Kier alpha value is -4.13. The van der Waals surface area contributed by atoms with Gasteiger partial charge in [-0.05, 0) is 83.9 Å². The molecule has 2 atom stereocenters. The largest absolute Gasteiger partial charge is 0.495 e. The lowest BCUT2D eigenvalue weighted by Crippen LogP contribution is -2.60. The van der Waals surface area contributed by atoms with Crippen LogP contribution in [-0.2, 0) is 9.53 Å². The minimum atomic E-state index is -0.580. The van der Waals surface area contributed by atoms with Crippen molar-refractivity contribution < 1.29 is 29.0 Å². The highest BCUT2D eigenvalue weighted by atomic mass is 16.6. The maximum absolute atomic E-state index is 13.7. The fraction of sp³-hybridized carbons (Fsp3) is 0.639. The number of likely N-dealkylation sites (N-methyl/N-ethyl adjacent to an activating group) is 1. The van der Waals surface area contributed by atoms with Gasteiger partial charge in [0.15, 0.2) is 5.82 Å². The fourth-order valence-corrected chi connectivity index (χ4v) is 8.30. The van der Waals surface area contributed by atoms with E-state index in [1.807, 2.05) is 27.7 Å². The summed E-state index contributed by atoms with van der Waals surface area (Å²) in [6.07, 6.45) is 9.06. The third-order valence-electron chi connectivity index (χ3n) is 10.6. The summed E-state index contributed by atoms with van der Waals surface area (Å²) in [4.78, 5) is 54.6. The second-order valence-electron chi connectivity index (χ2n) is 15.3. The molecule has 4 aliphatic rings. The number of nitrogens with zero attached hydrogens (tertiary/aromatic N) is 5. The second-order valence-corrected chi connectivity index (χ2v) is 15.3. The molecule has 3 N–H and O–H groups in total. The molecular weight excluding hydrogens is 626 g/mol. The van der Waals surface area contributed by atoms with Crippen molar-refractivity contribution in [2.75, 3.05) is 49.0 Å². The number of methoxy groups -OCH3 is 1. The van der Waals surface area contributed by atoms with Gasteiger partial charge in [0.1, 0.15) is 23.1 Å². The first-order valence-corrected chi connectivity index (χ1v) is 17.6. The third-order valence-corrected chi connectivity index (χ3v) is 10.6. The summed E-state index contributed by atoms with van der Waals surface area (Å²) >= 11 is 0. The van der Waals surface area contributed by atoms with Gasteiger partial charge < -0.3 is 39.9 Å². The molecule has 1 saturated heterocycles. The number of ether oxygens (including phenoxy) is 2. The molecule has 0 radical (unpaired) electrons. The highest BCUT2D eigenvalue weighted by Gasteiger charge is 2.56. The van der Waals surface area contributed by atoms with Crippen molar-refractivity contribution in [1.82, 2.24) is 20.2 Å². The van der Waals surface area contributed by atoms with Crippen molar-refractivity contribution >= 4 is 41.0 Å². The van der Waals surface area contributed by atoms with Crippen LogP contribution in [0.15, 0.2) is 24.4 Å². The van der Waals surface area contributed by atoms with Crippen molar-refractivity contribution in [3.05, 3.63) is 30.0 Å². The van der Waals surface area contributed by atoms with E-state index in [1.165, 1.54) is 0 Å². The van der Waals surface area contributed by atoms with Gasteiger partial charge in [-0.3, -0.25) is 9.59 Å². The summed E-state index contributed by atoms with van der Waals surface area (Å²) in [6.45, 7) is 8.70. The van der Waals surface area contributed by atoms with Gasteiger partial charge in [-0.15, -0.1) is 0 Å². The predicted octanol–water partition coefficient (Wildman–Crippen LogP) is 5.00. The Balaban J connectivity index is 1.17. The summed E-state index contributed by atoms with van der Waals surface area (Å²) in [5.74, 6) is 1.37. The fourth-order valence-electron chi connectivity index (χ4n) is 8.30. The van der Waals surface area contributed by atoms with Crippen LogP contribution in [-0.4, -0.2) is 95.0 Å². The third kappa shape index (κ3) is 6.86. The van der Waals surface area contributed by atoms with Gasteiger partial charge in [0, 0.05) is 49.3 Å². The molecule has 3 amide bonds. The molecule has 13 heteroatoms. The minimum absolute atomic E-state index is 0.0553. The highest BCUT2D eigenvalue weighted by Crippen LogP contribution is 2.51. The smallest absolute Gasteiger partial charge is 0.410 e. The maximum atomic E-state index is 13.7. The molecule has 6 rings (SSSR count). The van der Waals surface area contributed by atoms with Gasteiger partial charge in [0.05, 0.1) is 19.0 Å². The molecule has 49 heavy (non-hydrogen) atoms. The van der Waals surface area contributed by atoms with E-state index < -0.39 is 11.1 Å². The van der Waals surface area contributed by atoms with Crippen molar-refractivity contribution in [2.45, 2.75) is 109 Å². The van der Waals surface area contributed by atoms with E-state index >= 15 is 0 Å². The summed E-state index contributed by atoms with van der Waals surface area (Å²) in [5, 5.41) is 16.5. The Morgan fingerprint density at radius 3 is 2.53 bits per heavy atom. The van der Waals surface area contributed by atoms with Crippen LogP contribution in [0, 0.1) is 5.41 Å². The zero-order valence-electron chi connectivity index (χ0n) is 29.7. The first-order chi connectivity index (χ1) is 23.3. The number of benzene rings is 1. The SMILES string of the molecule is CC[C@@H]1C(=O)N(C)c2cnc(Nc3ccc(C(=O)NC4(CCO)CCC5(CN(C(=O)OC(C)(C)C)C5)C4)cc3OC)nc2N1C1CCCC1. The minimum Gasteiger partial charge on any atom is -0.495 e. The molecule has 266 valence electrons. The molecule has 1 aromatic heterocycles. The Labute approximate surface area is 288 Å². The number of aliphatic hydroxyl groups is 1. The average molecular weight is 678 g/mol. The standard InChI is InChI=1S/C36H51N7O6/c1-7-26-31(46)41(5)27-19-37-32(39-29(27)43(26)24-10-8-9-11-24)38-25-13-12-23(18-28(25)48-6)30(45)40-36(16-17-44)15-14-35(20-36)21-42(22-35)33(47)49-34(2,3)4/h12-13,18-19,24,26,44H,7-11,14-17,20-22H2,1-6H3,(H,40,45)(H,37,38,39)/t26-,36?/m1/s1. The van der Waals surface area contributed by atoms with E-state index in [1.54, 1.807) is 48.4 Å². The molecule has 1 spiro atoms. The molecule has 1 unspecified atom stereocenters. The number of fused-ring (bicyclic) bond motifs is 1. The van der Waals surface area contributed by atoms with E-state index in [0.29, 0.717) is 67.4 Å². The number of aromatic nitrogens is 2. The molecule has 3 fully saturated rings. The Kier molecular flexibility index (Phi) is 9.42. The van der Waals surface area contributed by atoms with Crippen molar-refractivity contribution in [2.24, 2.45) is 5.41 Å². The maximum Gasteiger partial charge on any atom is 0.410 e. The second kappa shape index (κ2) is 13.3. The number of anilines is 4. The molecule has 1 aromatic carbocycles. The van der Waals surface area contributed by atoms with Crippen LogP contribution >= 0.6 is 0 Å². The van der Waals surface area contributed by atoms with Gasteiger partial charge in [0.25, 0.3) is 5.91 Å². The lowest BCUT2D eigenvalue weighted by atomic mass is 9.76. The van der Waals surface area contributed by atoms with E-state index in [-0.39, 0.29) is 42.0 Å². The first kappa shape index (κ1) is 34.7. The Morgan fingerprint density at radius 2 is 1.88 bits per heavy atom. The van der Waals surface area contributed by atoms with Crippen molar-refractivity contribution in [3.8, 4) is 5.75 Å². The van der Waals surface area contributed by atoms with Crippen LogP contribution in [0.5, 0.6) is 5.75 Å². The Morgan fingerprint density at radius 1 is 1.14 bits per heavy atom. The van der Waals surface area contributed by atoms with Crippen LogP contribution in [0.4, 0.5) is 27.9 Å². The summed E-state index contributed by atoms with van der Waals surface area (Å²) < 4.78 is 11.2. The molecule has 2 aromatic rings. The van der Waals surface area contributed by atoms with Crippen LogP contribution in [0.25, 0.3) is 0 Å². The van der Waals surface area contributed by atoms with Gasteiger partial charge in [0.2, 0.25) is 11.9 Å². The highest BCUT2D eigenvalue weighted by molar-refractivity contribution is 6.04.